The Hall–Kier alpha value is -2.70. The molecule has 1 amide bonds. The molecule has 1 heterocycles. The van der Waals surface area contributed by atoms with Crippen molar-refractivity contribution in [2.24, 2.45) is 0 Å². The molecule has 0 spiro atoms. The van der Waals surface area contributed by atoms with Crippen LogP contribution in [0.5, 0.6) is 0 Å². The van der Waals surface area contributed by atoms with Crippen LogP contribution in [0.25, 0.3) is 0 Å². The second kappa shape index (κ2) is 4.41. The van der Waals surface area contributed by atoms with Crippen molar-refractivity contribution in [3.8, 4) is 0 Å². The summed E-state index contributed by atoms with van der Waals surface area (Å²) in [5, 5.41) is 7.85. The Bertz CT molecular complexity index is 837. The summed E-state index contributed by atoms with van der Waals surface area (Å²) in [4.78, 5) is 34.8. The lowest BCUT2D eigenvalue weighted by molar-refractivity contribution is 0.0959. The van der Waals surface area contributed by atoms with Gasteiger partial charge in [-0.3, -0.25) is 14.4 Å². The fraction of sp³-hybridized carbons (Fsp3) is 0.214. The van der Waals surface area contributed by atoms with Gasteiger partial charge in [-0.2, -0.15) is 0 Å². The van der Waals surface area contributed by atoms with E-state index in [0.29, 0.717) is 5.56 Å². The highest BCUT2D eigenvalue weighted by molar-refractivity contribution is 6.05. The number of carbonyl (C=O) groups is 1. The standard InChI is InChI=1S/C14H12FN3O3/c1-5-6-3-4-7(15)9(8(6)14(21)17-5)18-11-10(16-2)12(19)13(11)20/h3-5,16,18H,1-2H3,(H,17,21)/t5-/m1/s1. The molecule has 0 aromatic heterocycles. The molecule has 0 fully saturated rings. The van der Waals surface area contributed by atoms with Crippen molar-refractivity contribution < 1.29 is 9.18 Å². The number of rotatable bonds is 3. The van der Waals surface area contributed by atoms with Crippen LogP contribution in [0, 0.1) is 5.82 Å². The van der Waals surface area contributed by atoms with E-state index >= 15 is 0 Å². The Morgan fingerprint density at radius 2 is 1.76 bits per heavy atom. The van der Waals surface area contributed by atoms with Gasteiger partial charge in [0.05, 0.1) is 17.3 Å². The molecule has 0 saturated carbocycles. The van der Waals surface area contributed by atoms with Crippen molar-refractivity contribution in [3.05, 3.63) is 49.5 Å². The second-order valence-corrected chi connectivity index (χ2v) is 4.87. The number of nitrogens with one attached hydrogen (secondary N) is 3. The van der Waals surface area contributed by atoms with Gasteiger partial charge in [-0.05, 0) is 18.6 Å². The highest BCUT2D eigenvalue weighted by Crippen LogP contribution is 2.34. The van der Waals surface area contributed by atoms with E-state index in [-0.39, 0.29) is 28.7 Å². The first-order valence-electron chi connectivity index (χ1n) is 6.37. The zero-order valence-electron chi connectivity index (χ0n) is 11.3. The van der Waals surface area contributed by atoms with Gasteiger partial charge in [0.2, 0.25) is 0 Å². The molecule has 1 aliphatic rings. The maximum absolute atomic E-state index is 14.0. The molecule has 0 bridgehead atoms. The van der Waals surface area contributed by atoms with E-state index in [1.807, 2.05) is 0 Å². The van der Waals surface area contributed by atoms with Crippen molar-refractivity contribution in [1.82, 2.24) is 5.32 Å². The third-order valence-electron chi connectivity index (χ3n) is 3.64. The van der Waals surface area contributed by atoms with Gasteiger partial charge in [0, 0.05) is 7.05 Å². The van der Waals surface area contributed by atoms with Crippen LogP contribution < -0.4 is 26.8 Å². The normalized spacial score (nSPS) is 16.7. The second-order valence-electron chi connectivity index (χ2n) is 4.87. The number of carbonyl (C=O) groups excluding carboxylic acids is 1. The van der Waals surface area contributed by atoms with Gasteiger partial charge in [-0.1, -0.05) is 6.07 Å². The summed E-state index contributed by atoms with van der Waals surface area (Å²) in [5.41, 5.74) is -0.608. The average molecular weight is 289 g/mol. The minimum atomic E-state index is -0.734. The van der Waals surface area contributed by atoms with Gasteiger partial charge in [0.25, 0.3) is 16.8 Å². The third kappa shape index (κ3) is 1.74. The van der Waals surface area contributed by atoms with Crippen LogP contribution in [0.3, 0.4) is 0 Å². The van der Waals surface area contributed by atoms with Gasteiger partial charge < -0.3 is 16.0 Å². The predicted octanol–water partition coefficient (Wildman–Crippen LogP) is 1.01. The lowest BCUT2D eigenvalue weighted by atomic mass is 10.0. The zero-order chi connectivity index (χ0) is 15.3. The van der Waals surface area contributed by atoms with E-state index in [9.17, 15) is 18.8 Å². The lowest BCUT2D eigenvalue weighted by Gasteiger charge is -2.15. The molecule has 2 aromatic carbocycles. The maximum Gasteiger partial charge on any atom is 0.254 e. The Kier molecular flexibility index (Phi) is 2.79. The van der Waals surface area contributed by atoms with Crippen LogP contribution in [0.4, 0.5) is 21.5 Å². The molecule has 3 N–H and O–H groups in total. The minimum absolute atomic E-state index is 0.0258. The lowest BCUT2D eigenvalue weighted by Crippen LogP contribution is -2.36. The largest absolute Gasteiger partial charge is 0.383 e. The number of halogens is 1. The van der Waals surface area contributed by atoms with E-state index in [4.69, 9.17) is 0 Å². The molecule has 1 atom stereocenters. The smallest absolute Gasteiger partial charge is 0.254 e. The van der Waals surface area contributed by atoms with Gasteiger partial charge in [-0.15, -0.1) is 0 Å². The summed E-state index contributed by atoms with van der Waals surface area (Å²) in [6.07, 6.45) is 0. The summed E-state index contributed by atoms with van der Waals surface area (Å²) in [6, 6.07) is 2.52. The summed E-state index contributed by atoms with van der Waals surface area (Å²) in [5.74, 6) is -1.07. The Morgan fingerprint density at radius 1 is 1.10 bits per heavy atom. The van der Waals surface area contributed by atoms with Crippen molar-refractivity contribution in [2.45, 2.75) is 13.0 Å². The minimum Gasteiger partial charge on any atom is -0.383 e. The Balaban J connectivity index is 2.13. The molecule has 0 aliphatic carbocycles. The van der Waals surface area contributed by atoms with Gasteiger partial charge in [0.1, 0.15) is 17.2 Å². The molecule has 7 heteroatoms. The van der Waals surface area contributed by atoms with Crippen LogP contribution in [-0.4, -0.2) is 13.0 Å². The van der Waals surface area contributed by atoms with E-state index in [0.717, 1.165) is 0 Å². The van der Waals surface area contributed by atoms with Gasteiger partial charge >= 0.3 is 0 Å². The summed E-state index contributed by atoms with van der Waals surface area (Å²) < 4.78 is 14.0. The molecular formula is C14H12FN3O3. The van der Waals surface area contributed by atoms with Crippen LogP contribution >= 0.6 is 0 Å². The Labute approximate surface area is 118 Å². The fourth-order valence-electron chi connectivity index (χ4n) is 2.54. The molecule has 6 nitrogen and oxygen atoms in total. The molecule has 0 saturated heterocycles. The summed E-state index contributed by atoms with van der Waals surface area (Å²) >= 11 is 0. The molecule has 0 radical (unpaired) electrons. The topological polar surface area (TPSA) is 87.3 Å². The molecule has 21 heavy (non-hydrogen) atoms. The van der Waals surface area contributed by atoms with Crippen molar-refractivity contribution >= 4 is 23.0 Å². The van der Waals surface area contributed by atoms with E-state index < -0.39 is 22.6 Å². The number of benzene rings is 1. The molecule has 108 valence electrons. The first-order chi connectivity index (χ1) is 9.95. The summed E-state index contributed by atoms with van der Waals surface area (Å²) in [7, 11) is 1.49. The van der Waals surface area contributed by atoms with Crippen molar-refractivity contribution in [3.63, 3.8) is 0 Å². The average Bonchev–Trinajstić information content (AvgIpc) is 2.75. The van der Waals surface area contributed by atoms with E-state index in [1.54, 1.807) is 6.92 Å². The summed E-state index contributed by atoms with van der Waals surface area (Å²) in [6.45, 7) is 1.78. The van der Waals surface area contributed by atoms with E-state index in [1.165, 1.54) is 19.2 Å². The van der Waals surface area contributed by atoms with E-state index in [2.05, 4.69) is 16.0 Å². The molecular weight excluding hydrogens is 277 g/mol. The van der Waals surface area contributed by atoms with Gasteiger partial charge in [0.15, 0.2) is 0 Å². The van der Waals surface area contributed by atoms with Crippen LogP contribution in [0.1, 0.15) is 28.9 Å². The maximum atomic E-state index is 14.0. The first kappa shape index (κ1) is 13.3. The van der Waals surface area contributed by atoms with Crippen molar-refractivity contribution in [1.29, 1.82) is 0 Å². The van der Waals surface area contributed by atoms with Crippen LogP contribution in [0.2, 0.25) is 0 Å². The number of fused-ring (bicyclic) bond motifs is 1. The number of hydrogen-bond donors (Lipinski definition) is 3. The van der Waals surface area contributed by atoms with Crippen LogP contribution in [-0.2, 0) is 0 Å². The number of anilines is 3. The quantitative estimate of drug-likeness (QED) is 0.734. The highest BCUT2D eigenvalue weighted by atomic mass is 19.1. The SMILES string of the molecule is CNc1c(Nc2c(F)ccc3c2C(=O)N[C@@H]3C)c(=O)c1=O. The fourth-order valence-corrected chi connectivity index (χ4v) is 2.54. The van der Waals surface area contributed by atoms with Gasteiger partial charge in [-0.25, -0.2) is 4.39 Å². The monoisotopic (exact) mass is 289 g/mol. The molecule has 0 unspecified atom stereocenters. The number of amides is 1. The third-order valence-corrected chi connectivity index (χ3v) is 3.64. The first-order valence-corrected chi connectivity index (χ1v) is 6.37. The molecule has 3 rings (SSSR count). The Morgan fingerprint density at radius 3 is 2.43 bits per heavy atom. The highest BCUT2D eigenvalue weighted by Gasteiger charge is 2.31. The number of hydrogen-bond acceptors (Lipinski definition) is 5. The van der Waals surface area contributed by atoms with Crippen LogP contribution in [0.15, 0.2) is 21.7 Å². The zero-order valence-corrected chi connectivity index (χ0v) is 11.3. The molecule has 1 aliphatic heterocycles. The predicted molar refractivity (Wildman–Crippen MR) is 76.5 cm³/mol. The molecule has 2 aromatic rings. The van der Waals surface area contributed by atoms with Crippen molar-refractivity contribution in [2.75, 3.05) is 17.7 Å².